The Kier molecular flexibility index (Phi) is 5.44. The Balaban J connectivity index is 1.68. The molecule has 3 aromatic rings. The molecule has 0 bridgehead atoms. The summed E-state index contributed by atoms with van der Waals surface area (Å²) in [4.78, 5) is 4.56. The Morgan fingerprint density at radius 2 is 1.75 bits per heavy atom. The van der Waals surface area contributed by atoms with Gasteiger partial charge in [0.15, 0.2) is 0 Å². The molecule has 0 unspecified atom stereocenters. The van der Waals surface area contributed by atoms with Crippen LogP contribution in [0.3, 0.4) is 0 Å². The highest BCUT2D eigenvalue weighted by Crippen LogP contribution is 2.19. The monoisotopic (exact) mass is 379 g/mol. The van der Waals surface area contributed by atoms with E-state index in [4.69, 9.17) is 4.74 Å². The lowest BCUT2D eigenvalue weighted by molar-refractivity contribution is 0.306. The molecule has 3 rings (SSSR count). The van der Waals surface area contributed by atoms with E-state index < -0.39 is 0 Å². The summed E-state index contributed by atoms with van der Waals surface area (Å²) in [6.07, 6.45) is 1.87. The van der Waals surface area contributed by atoms with Crippen LogP contribution in [0.5, 0.6) is 5.75 Å². The molecule has 0 aliphatic rings. The van der Waals surface area contributed by atoms with E-state index in [1.165, 1.54) is 0 Å². The lowest BCUT2D eigenvalue weighted by Gasteiger charge is -2.07. The first-order valence-electron chi connectivity index (χ1n) is 7.78. The Morgan fingerprint density at radius 1 is 0.958 bits per heavy atom. The Labute approximate surface area is 151 Å². The maximum Gasteiger partial charge on any atom is 0.120 e. The number of aryl methyl sites for hydroxylation is 1. The minimum absolute atomic E-state index is 0.547. The Bertz CT molecular complexity index is 840. The summed E-state index contributed by atoms with van der Waals surface area (Å²) in [6, 6.07) is 24.2. The van der Waals surface area contributed by atoms with Crippen LogP contribution in [-0.4, -0.2) is 6.21 Å². The molecule has 3 aromatic carbocycles. The fourth-order valence-corrected chi connectivity index (χ4v) is 2.55. The molecule has 0 aliphatic heterocycles. The average molecular weight is 380 g/mol. The van der Waals surface area contributed by atoms with E-state index in [2.05, 4.69) is 33.9 Å². The van der Waals surface area contributed by atoms with Crippen molar-refractivity contribution < 1.29 is 4.74 Å². The van der Waals surface area contributed by atoms with Gasteiger partial charge in [0, 0.05) is 10.7 Å². The normalized spacial score (nSPS) is 10.9. The van der Waals surface area contributed by atoms with Gasteiger partial charge in [-0.3, -0.25) is 4.99 Å². The molecule has 0 radical (unpaired) electrons. The minimum atomic E-state index is 0.547. The van der Waals surface area contributed by atoms with Crippen LogP contribution in [-0.2, 0) is 6.61 Å². The summed E-state index contributed by atoms with van der Waals surface area (Å²) < 4.78 is 6.94. The summed E-state index contributed by atoms with van der Waals surface area (Å²) in [5, 5.41) is 0. The van der Waals surface area contributed by atoms with Gasteiger partial charge in [-0.15, -0.1) is 0 Å². The van der Waals surface area contributed by atoms with Crippen LogP contribution >= 0.6 is 15.9 Å². The first-order valence-corrected chi connectivity index (χ1v) is 8.57. The standard InChI is InChI=1S/C21H18BrNO/c1-16-5-2-3-8-21(16)23-14-18-6-4-7-20(13-18)24-15-17-9-11-19(22)12-10-17/h2-14H,15H2,1H3. The fourth-order valence-electron chi connectivity index (χ4n) is 2.28. The molecular weight excluding hydrogens is 362 g/mol. The van der Waals surface area contributed by atoms with Crippen molar-refractivity contribution in [2.24, 2.45) is 4.99 Å². The van der Waals surface area contributed by atoms with Gasteiger partial charge in [-0.05, 0) is 53.9 Å². The number of benzene rings is 3. The molecule has 120 valence electrons. The molecule has 0 saturated heterocycles. The highest BCUT2D eigenvalue weighted by atomic mass is 79.9. The van der Waals surface area contributed by atoms with Crippen molar-refractivity contribution in [1.82, 2.24) is 0 Å². The summed E-state index contributed by atoms with van der Waals surface area (Å²) in [5.41, 5.74) is 4.30. The first kappa shape index (κ1) is 16.5. The number of hydrogen-bond acceptors (Lipinski definition) is 2. The number of rotatable bonds is 5. The van der Waals surface area contributed by atoms with Gasteiger partial charge in [-0.1, -0.05) is 58.4 Å². The number of halogens is 1. The van der Waals surface area contributed by atoms with Crippen molar-refractivity contribution in [2.45, 2.75) is 13.5 Å². The van der Waals surface area contributed by atoms with Crippen LogP contribution in [0, 0.1) is 6.92 Å². The zero-order valence-electron chi connectivity index (χ0n) is 13.4. The minimum Gasteiger partial charge on any atom is -0.489 e. The van der Waals surface area contributed by atoms with E-state index in [0.717, 1.165) is 32.6 Å². The van der Waals surface area contributed by atoms with Crippen molar-refractivity contribution >= 4 is 27.8 Å². The third-order valence-electron chi connectivity index (χ3n) is 3.65. The summed E-state index contributed by atoms with van der Waals surface area (Å²) in [5.74, 6) is 0.839. The van der Waals surface area contributed by atoms with Crippen LogP contribution in [0.2, 0.25) is 0 Å². The Morgan fingerprint density at radius 3 is 2.54 bits per heavy atom. The quantitative estimate of drug-likeness (QED) is 0.491. The predicted molar refractivity (Wildman–Crippen MR) is 103 cm³/mol. The molecule has 3 heteroatoms. The van der Waals surface area contributed by atoms with Gasteiger partial charge < -0.3 is 4.74 Å². The SMILES string of the molecule is Cc1ccccc1N=Cc1cccc(OCc2ccc(Br)cc2)c1. The van der Waals surface area contributed by atoms with E-state index in [1.54, 1.807) is 0 Å². The van der Waals surface area contributed by atoms with E-state index in [0.29, 0.717) is 6.61 Å². The lowest BCUT2D eigenvalue weighted by atomic mass is 10.2. The molecule has 0 atom stereocenters. The van der Waals surface area contributed by atoms with Crippen molar-refractivity contribution in [3.63, 3.8) is 0 Å². The average Bonchev–Trinajstić information content (AvgIpc) is 2.61. The molecule has 0 aromatic heterocycles. The van der Waals surface area contributed by atoms with Crippen LogP contribution in [0.15, 0.2) is 82.3 Å². The predicted octanol–water partition coefficient (Wildman–Crippen LogP) is 6.09. The molecule has 0 heterocycles. The largest absolute Gasteiger partial charge is 0.489 e. The third-order valence-corrected chi connectivity index (χ3v) is 4.17. The van der Waals surface area contributed by atoms with Crippen LogP contribution in [0.25, 0.3) is 0 Å². The Hall–Kier alpha value is -2.39. The third kappa shape index (κ3) is 4.56. The van der Waals surface area contributed by atoms with Gasteiger partial charge in [0.25, 0.3) is 0 Å². The van der Waals surface area contributed by atoms with Crippen molar-refractivity contribution in [3.05, 3.63) is 94.0 Å². The first-order chi connectivity index (χ1) is 11.7. The molecule has 0 saturated carbocycles. The number of hydrogen-bond donors (Lipinski definition) is 0. The van der Waals surface area contributed by atoms with E-state index in [9.17, 15) is 0 Å². The molecule has 0 spiro atoms. The summed E-state index contributed by atoms with van der Waals surface area (Å²) in [6.45, 7) is 2.61. The second-order valence-corrected chi connectivity index (χ2v) is 6.45. The molecular formula is C21H18BrNO. The smallest absolute Gasteiger partial charge is 0.120 e. The van der Waals surface area contributed by atoms with Crippen LogP contribution in [0.4, 0.5) is 5.69 Å². The van der Waals surface area contributed by atoms with Crippen LogP contribution < -0.4 is 4.74 Å². The second-order valence-electron chi connectivity index (χ2n) is 5.53. The number of para-hydroxylation sites is 1. The number of aliphatic imine (C=N–C) groups is 1. The second kappa shape index (κ2) is 7.93. The van der Waals surface area contributed by atoms with E-state index in [1.807, 2.05) is 72.9 Å². The summed E-state index contributed by atoms with van der Waals surface area (Å²) >= 11 is 3.44. The van der Waals surface area contributed by atoms with Gasteiger partial charge >= 0.3 is 0 Å². The van der Waals surface area contributed by atoms with E-state index in [-0.39, 0.29) is 0 Å². The van der Waals surface area contributed by atoms with Gasteiger partial charge in [0.05, 0.1) is 5.69 Å². The highest BCUT2D eigenvalue weighted by Gasteiger charge is 1.98. The van der Waals surface area contributed by atoms with Gasteiger partial charge in [0.2, 0.25) is 0 Å². The fraction of sp³-hybridized carbons (Fsp3) is 0.0952. The maximum atomic E-state index is 5.87. The molecule has 0 fully saturated rings. The summed E-state index contributed by atoms with van der Waals surface area (Å²) in [7, 11) is 0. The van der Waals surface area contributed by atoms with Crippen LogP contribution in [0.1, 0.15) is 16.7 Å². The topological polar surface area (TPSA) is 21.6 Å². The van der Waals surface area contributed by atoms with Gasteiger partial charge in [0.1, 0.15) is 12.4 Å². The van der Waals surface area contributed by atoms with Crippen molar-refractivity contribution in [2.75, 3.05) is 0 Å². The zero-order valence-corrected chi connectivity index (χ0v) is 15.0. The van der Waals surface area contributed by atoms with E-state index >= 15 is 0 Å². The van der Waals surface area contributed by atoms with Crippen molar-refractivity contribution in [1.29, 1.82) is 0 Å². The molecule has 2 nitrogen and oxygen atoms in total. The molecule has 0 amide bonds. The number of ether oxygens (including phenoxy) is 1. The maximum absolute atomic E-state index is 5.87. The zero-order chi connectivity index (χ0) is 16.8. The highest BCUT2D eigenvalue weighted by molar-refractivity contribution is 9.10. The lowest BCUT2D eigenvalue weighted by Crippen LogP contribution is -1.95. The van der Waals surface area contributed by atoms with Gasteiger partial charge in [-0.2, -0.15) is 0 Å². The molecule has 24 heavy (non-hydrogen) atoms. The number of nitrogens with zero attached hydrogens (tertiary/aromatic N) is 1. The molecule has 0 N–H and O–H groups in total. The molecule has 0 aliphatic carbocycles. The van der Waals surface area contributed by atoms with Crippen molar-refractivity contribution in [3.8, 4) is 5.75 Å². The van der Waals surface area contributed by atoms with Gasteiger partial charge in [-0.25, -0.2) is 0 Å².